The van der Waals surface area contributed by atoms with Gasteiger partial charge >= 0.3 is 0 Å². The number of carbonyl (C=O) groups excluding carboxylic acids is 1. The number of ether oxygens (including phenoxy) is 2. The van der Waals surface area contributed by atoms with Crippen molar-refractivity contribution in [2.45, 2.75) is 38.8 Å². The molecule has 0 radical (unpaired) electrons. The van der Waals surface area contributed by atoms with Gasteiger partial charge in [0.05, 0.1) is 13.2 Å². The van der Waals surface area contributed by atoms with E-state index in [0.29, 0.717) is 5.69 Å². The number of aryl methyl sites for hydroxylation is 1. The average Bonchev–Trinajstić information content (AvgIpc) is 3.16. The number of aromatic nitrogens is 2. The fourth-order valence-electron chi connectivity index (χ4n) is 3.54. The highest BCUT2D eigenvalue weighted by atomic mass is 16.5. The highest BCUT2D eigenvalue weighted by molar-refractivity contribution is 5.92. The second-order valence-electron chi connectivity index (χ2n) is 6.71. The number of hydrogen-bond donors (Lipinski definition) is 0. The lowest BCUT2D eigenvalue weighted by atomic mass is 10.1. The van der Waals surface area contributed by atoms with Crippen LogP contribution in [0.4, 0.5) is 0 Å². The third-order valence-electron chi connectivity index (χ3n) is 5.05. The fourth-order valence-corrected chi connectivity index (χ4v) is 3.54. The molecular formula is C18H30N4O3. The highest BCUT2D eigenvalue weighted by Gasteiger charge is 2.27. The molecule has 0 aromatic carbocycles. The summed E-state index contributed by atoms with van der Waals surface area (Å²) in [6.45, 7) is 9.69. The van der Waals surface area contributed by atoms with Gasteiger partial charge in [-0.15, -0.1) is 0 Å². The van der Waals surface area contributed by atoms with Crippen LogP contribution in [0.1, 0.15) is 36.7 Å². The molecule has 0 N–H and O–H groups in total. The summed E-state index contributed by atoms with van der Waals surface area (Å²) in [5.74, 6) is 0.0566. The molecule has 7 nitrogen and oxygen atoms in total. The van der Waals surface area contributed by atoms with Crippen LogP contribution in [0.25, 0.3) is 0 Å². The molecule has 0 atom stereocenters. The molecule has 1 aromatic heterocycles. The van der Waals surface area contributed by atoms with Crippen LogP contribution >= 0.6 is 0 Å². The van der Waals surface area contributed by atoms with Crippen molar-refractivity contribution in [3.63, 3.8) is 0 Å². The molecule has 2 saturated heterocycles. The summed E-state index contributed by atoms with van der Waals surface area (Å²) in [5.41, 5.74) is 0.555. The summed E-state index contributed by atoms with van der Waals surface area (Å²) >= 11 is 0. The Morgan fingerprint density at radius 1 is 1.24 bits per heavy atom. The topological polar surface area (TPSA) is 59.8 Å². The second kappa shape index (κ2) is 9.31. The van der Waals surface area contributed by atoms with E-state index in [1.165, 1.54) is 0 Å². The molecule has 2 fully saturated rings. The SMILES string of the molecule is CCn1ccc(C(=O)N(CCCN2CCOCC2)C2CCOCC2)n1. The predicted octanol–water partition coefficient (Wildman–Crippen LogP) is 1.25. The first kappa shape index (κ1) is 18.4. The standard InChI is InChI=1S/C18H30N4O3/c1-2-21-9-4-17(19-21)18(23)22(16-5-12-24-13-6-16)8-3-7-20-10-14-25-15-11-20/h4,9,16H,2-3,5-8,10-15H2,1H3. The van der Waals surface area contributed by atoms with Crippen molar-refractivity contribution in [3.05, 3.63) is 18.0 Å². The van der Waals surface area contributed by atoms with Crippen LogP contribution in [-0.4, -0.2) is 84.1 Å². The molecule has 0 saturated carbocycles. The van der Waals surface area contributed by atoms with E-state index in [0.717, 1.165) is 78.4 Å². The van der Waals surface area contributed by atoms with Gasteiger partial charge in [0.25, 0.3) is 5.91 Å². The minimum Gasteiger partial charge on any atom is -0.381 e. The van der Waals surface area contributed by atoms with E-state index in [9.17, 15) is 4.79 Å². The molecule has 0 aliphatic carbocycles. The highest BCUT2D eigenvalue weighted by Crippen LogP contribution is 2.18. The second-order valence-corrected chi connectivity index (χ2v) is 6.71. The van der Waals surface area contributed by atoms with Gasteiger partial charge in [-0.3, -0.25) is 14.4 Å². The van der Waals surface area contributed by atoms with E-state index < -0.39 is 0 Å². The van der Waals surface area contributed by atoms with Crippen LogP contribution in [-0.2, 0) is 16.0 Å². The molecule has 0 bridgehead atoms. The molecule has 0 unspecified atom stereocenters. The molecule has 25 heavy (non-hydrogen) atoms. The first-order valence-corrected chi connectivity index (χ1v) is 9.50. The van der Waals surface area contributed by atoms with Crippen molar-refractivity contribution in [2.75, 3.05) is 52.6 Å². The average molecular weight is 350 g/mol. The van der Waals surface area contributed by atoms with E-state index in [1.807, 2.05) is 28.8 Å². The van der Waals surface area contributed by atoms with Crippen molar-refractivity contribution in [1.29, 1.82) is 0 Å². The monoisotopic (exact) mass is 350 g/mol. The Bertz CT molecular complexity index is 536. The van der Waals surface area contributed by atoms with Gasteiger partial charge in [-0.2, -0.15) is 5.10 Å². The molecule has 2 aliphatic rings. The Labute approximate surface area is 149 Å². The third-order valence-corrected chi connectivity index (χ3v) is 5.05. The van der Waals surface area contributed by atoms with Crippen molar-refractivity contribution in [3.8, 4) is 0 Å². The lowest BCUT2D eigenvalue weighted by molar-refractivity contribution is 0.0220. The number of rotatable bonds is 7. The van der Waals surface area contributed by atoms with E-state index in [-0.39, 0.29) is 11.9 Å². The van der Waals surface area contributed by atoms with Gasteiger partial charge in [0, 0.05) is 58.2 Å². The van der Waals surface area contributed by atoms with Gasteiger partial charge in [-0.05, 0) is 32.3 Å². The number of amides is 1. The van der Waals surface area contributed by atoms with Crippen molar-refractivity contribution in [2.24, 2.45) is 0 Å². The van der Waals surface area contributed by atoms with E-state index >= 15 is 0 Å². The maximum absolute atomic E-state index is 13.0. The molecule has 1 amide bonds. The summed E-state index contributed by atoms with van der Waals surface area (Å²) in [6.07, 6.45) is 4.69. The number of carbonyl (C=O) groups is 1. The van der Waals surface area contributed by atoms with Crippen LogP contribution in [0.3, 0.4) is 0 Å². The van der Waals surface area contributed by atoms with Crippen molar-refractivity contribution in [1.82, 2.24) is 19.6 Å². The van der Waals surface area contributed by atoms with Gasteiger partial charge in [-0.1, -0.05) is 0 Å². The normalized spacial score (nSPS) is 19.9. The summed E-state index contributed by atoms with van der Waals surface area (Å²) in [7, 11) is 0. The Morgan fingerprint density at radius 2 is 1.96 bits per heavy atom. The zero-order valence-electron chi connectivity index (χ0n) is 15.2. The summed E-state index contributed by atoms with van der Waals surface area (Å²) in [5, 5.41) is 4.41. The van der Waals surface area contributed by atoms with Crippen molar-refractivity contribution < 1.29 is 14.3 Å². The molecule has 2 aliphatic heterocycles. The van der Waals surface area contributed by atoms with Crippen LogP contribution < -0.4 is 0 Å². The van der Waals surface area contributed by atoms with Gasteiger partial charge in [0.15, 0.2) is 0 Å². The Morgan fingerprint density at radius 3 is 2.64 bits per heavy atom. The minimum atomic E-state index is 0.0566. The largest absolute Gasteiger partial charge is 0.381 e. The predicted molar refractivity (Wildman–Crippen MR) is 94.7 cm³/mol. The molecule has 1 aromatic rings. The molecule has 7 heteroatoms. The third kappa shape index (κ3) is 5.03. The van der Waals surface area contributed by atoms with Gasteiger partial charge in [0.2, 0.25) is 0 Å². The number of morpholine rings is 1. The zero-order chi connectivity index (χ0) is 17.5. The van der Waals surface area contributed by atoms with E-state index in [1.54, 1.807) is 0 Å². The van der Waals surface area contributed by atoms with Crippen LogP contribution in [0.5, 0.6) is 0 Å². The fraction of sp³-hybridized carbons (Fsp3) is 0.778. The van der Waals surface area contributed by atoms with Gasteiger partial charge < -0.3 is 14.4 Å². The van der Waals surface area contributed by atoms with Gasteiger partial charge in [0.1, 0.15) is 5.69 Å². The molecule has 3 rings (SSSR count). The summed E-state index contributed by atoms with van der Waals surface area (Å²) in [6, 6.07) is 2.10. The lowest BCUT2D eigenvalue weighted by Crippen LogP contribution is -2.45. The Hall–Kier alpha value is -1.44. The van der Waals surface area contributed by atoms with Crippen LogP contribution in [0.2, 0.25) is 0 Å². The van der Waals surface area contributed by atoms with E-state index in [4.69, 9.17) is 9.47 Å². The first-order chi connectivity index (χ1) is 12.3. The quantitative estimate of drug-likeness (QED) is 0.741. The smallest absolute Gasteiger partial charge is 0.274 e. The number of nitrogens with zero attached hydrogens (tertiary/aromatic N) is 4. The Balaban J connectivity index is 1.60. The van der Waals surface area contributed by atoms with Gasteiger partial charge in [-0.25, -0.2) is 0 Å². The minimum absolute atomic E-state index is 0.0566. The summed E-state index contributed by atoms with van der Waals surface area (Å²) in [4.78, 5) is 17.5. The maximum Gasteiger partial charge on any atom is 0.274 e. The van der Waals surface area contributed by atoms with Crippen LogP contribution in [0, 0.1) is 0 Å². The van der Waals surface area contributed by atoms with E-state index in [2.05, 4.69) is 10.00 Å². The molecular weight excluding hydrogens is 320 g/mol. The molecule has 0 spiro atoms. The van der Waals surface area contributed by atoms with Crippen LogP contribution in [0.15, 0.2) is 12.3 Å². The molecule has 140 valence electrons. The zero-order valence-corrected chi connectivity index (χ0v) is 15.2. The maximum atomic E-state index is 13.0. The number of hydrogen-bond acceptors (Lipinski definition) is 5. The Kier molecular flexibility index (Phi) is 6.84. The lowest BCUT2D eigenvalue weighted by Gasteiger charge is -2.35. The summed E-state index contributed by atoms with van der Waals surface area (Å²) < 4.78 is 12.7. The van der Waals surface area contributed by atoms with Crippen molar-refractivity contribution >= 4 is 5.91 Å². The molecule has 3 heterocycles. The first-order valence-electron chi connectivity index (χ1n) is 9.50.